The molecule has 2 unspecified atom stereocenters. The number of azide groups is 1. The number of rotatable bonds is 29. The molecule has 0 aliphatic carbocycles. The molecule has 0 aromatic heterocycles. The Morgan fingerprint density at radius 2 is 1.66 bits per heavy atom. The van der Waals surface area contributed by atoms with Gasteiger partial charge in [-0.15, -0.1) is 0 Å². The van der Waals surface area contributed by atoms with Crippen LogP contribution >= 0.6 is 11.8 Å². The Bertz CT molecular complexity index is 1230. The van der Waals surface area contributed by atoms with Gasteiger partial charge in [-0.25, -0.2) is 4.79 Å². The standard InChI is InChI=1S/C33H58N10O9S/c1-4-22(2)29(32(48)39-23(31(47)35-3)9-7-8-12-38-43-34)41-27(45)19-37-28(46)20-52-18-17-51-16-15-50-14-13-36-26(44)11-6-5-10-25-30-24(21-53-25)40-33(49)42-30/h22-25,29-30H,4-21H2,1-3H3,(H,35,47)(H,36,44)(H,37,46)(H,39,48)(H,41,45)(H2,40,42,49)/t22?,23-,24+,25?,29-,30+/m0/s1. The molecule has 6 atom stereocenters. The maximum absolute atomic E-state index is 13.1. The monoisotopic (exact) mass is 770 g/mol. The topological polar surface area (TPSA) is 263 Å². The van der Waals surface area contributed by atoms with Gasteiger partial charge < -0.3 is 51.4 Å². The van der Waals surface area contributed by atoms with E-state index in [-0.39, 0.29) is 68.8 Å². The van der Waals surface area contributed by atoms with Crippen LogP contribution in [0, 0.1) is 5.92 Å². The van der Waals surface area contributed by atoms with Crippen LogP contribution in [0.4, 0.5) is 4.79 Å². The molecule has 2 saturated heterocycles. The molecular weight excluding hydrogens is 712 g/mol. The highest BCUT2D eigenvalue weighted by Crippen LogP contribution is 2.33. The fourth-order valence-electron chi connectivity index (χ4n) is 5.67. The van der Waals surface area contributed by atoms with Crippen molar-refractivity contribution in [3.8, 4) is 0 Å². The maximum atomic E-state index is 13.1. The lowest BCUT2D eigenvalue weighted by molar-refractivity contribution is -0.133. The average molecular weight is 771 g/mol. The zero-order chi connectivity index (χ0) is 38.8. The molecule has 0 aromatic rings. The zero-order valence-electron chi connectivity index (χ0n) is 31.1. The van der Waals surface area contributed by atoms with Gasteiger partial charge in [0, 0.05) is 42.5 Å². The SMILES string of the molecule is CCC(C)[C@H](NC(=O)CNC(=O)COCCOCCOCCNC(=O)CCCCC1SC[C@H]2NC(=O)N[C@@H]12)C(=O)N[C@@H](CCCCN=[N+]=[N-])C(=O)NC. The quantitative estimate of drug-likeness (QED) is 0.0179. The molecule has 2 aliphatic rings. The van der Waals surface area contributed by atoms with Crippen molar-refractivity contribution in [1.29, 1.82) is 0 Å². The first-order chi connectivity index (χ1) is 25.6. The molecule has 0 aromatic carbocycles. The van der Waals surface area contributed by atoms with E-state index in [0.29, 0.717) is 63.7 Å². The summed E-state index contributed by atoms with van der Waals surface area (Å²) in [4.78, 5) is 76.5. The Kier molecular flexibility index (Phi) is 23.0. The van der Waals surface area contributed by atoms with Crippen LogP contribution in [-0.2, 0) is 38.2 Å². The molecule has 53 heavy (non-hydrogen) atoms. The number of unbranched alkanes of at least 4 members (excludes halogenated alkanes) is 2. The van der Waals surface area contributed by atoms with Crippen LogP contribution in [0.5, 0.6) is 0 Å². The minimum atomic E-state index is -0.927. The van der Waals surface area contributed by atoms with Crippen LogP contribution in [0.1, 0.15) is 65.2 Å². The van der Waals surface area contributed by atoms with Crippen LogP contribution in [-0.4, -0.2) is 137 Å². The van der Waals surface area contributed by atoms with Crippen molar-refractivity contribution >= 4 is 47.3 Å². The summed E-state index contributed by atoms with van der Waals surface area (Å²) >= 11 is 1.87. The number of hydrogen-bond donors (Lipinski definition) is 7. The third-order valence-corrected chi connectivity index (χ3v) is 10.3. The lowest BCUT2D eigenvalue weighted by atomic mass is 9.97. The number of amides is 7. The first-order valence-corrected chi connectivity index (χ1v) is 19.4. The van der Waals surface area contributed by atoms with Gasteiger partial charge in [-0.05, 0) is 37.1 Å². The number of ether oxygens (including phenoxy) is 3. The van der Waals surface area contributed by atoms with E-state index in [2.05, 4.69) is 47.2 Å². The molecule has 19 nitrogen and oxygen atoms in total. The molecule has 0 radical (unpaired) electrons. The highest BCUT2D eigenvalue weighted by molar-refractivity contribution is 8.00. The Morgan fingerprint density at radius 1 is 0.925 bits per heavy atom. The molecule has 2 rings (SSSR count). The number of carbonyl (C=O) groups excluding carboxylic acids is 6. The summed E-state index contributed by atoms with van der Waals surface area (Å²) in [6, 6.07) is -1.44. The van der Waals surface area contributed by atoms with Gasteiger partial charge in [-0.3, -0.25) is 24.0 Å². The van der Waals surface area contributed by atoms with Crippen molar-refractivity contribution in [3.05, 3.63) is 10.4 Å². The second kappa shape index (κ2) is 26.9. The van der Waals surface area contributed by atoms with E-state index >= 15 is 0 Å². The van der Waals surface area contributed by atoms with E-state index in [9.17, 15) is 28.8 Å². The highest BCUT2D eigenvalue weighted by Gasteiger charge is 2.42. The normalized spacial score (nSPS) is 19.0. The molecule has 0 spiro atoms. The van der Waals surface area contributed by atoms with Crippen molar-refractivity contribution in [3.63, 3.8) is 0 Å². The van der Waals surface area contributed by atoms with Crippen LogP contribution in [0.25, 0.3) is 10.4 Å². The van der Waals surface area contributed by atoms with Gasteiger partial charge in [0.1, 0.15) is 18.7 Å². The second-order valence-electron chi connectivity index (χ2n) is 12.8. The summed E-state index contributed by atoms with van der Waals surface area (Å²) in [5.74, 6) is -1.32. The predicted molar refractivity (Wildman–Crippen MR) is 198 cm³/mol. The number of hydrogen-bond acceptors (Lipinski definition) is 11. The number of nitrogens with one attached hydrogen (secondary N) is 7. The van der Waals surface area contributed by atoms with Gasteiger partial charge in [-0.2, -0.15) is 11.8 Å². The number of carbonyl (C=O) groups is 6. The molecule has 0 saturated carbocycles. The summed E-state index contributed by atoms with van der Waals surface area (Å²) in [6.07, 6.45) is 5.15. The summed E-state index contributed by atoms with van der Waals surface area (Å²) in [5, 5.41) is 23.0. The van der Waals surface area contributed by atoms with E-state index in [0.717, 1.165) is 25.0 Å². The molecule has 0 bridgehead atoms. The Labute approximate surface area is 315 Å². The van der Waals surface area contributed by atoms with E-state index in [1.807, 2.05) is 18.7 Å². The molecule has 2 aliphatic heterocycles. The summed E-state index contributed by atoms with van der Waals surface area (Å²) in [5.41, 5.74) is 8.41. The fourth-order valence-corrected chi connectivity index (χ4v) is 7.21. The predicted octanol–water partition coefficient (Wildman–Crippen LogP) is 0.237. The number of urea groups is 1. The van der Waals surface area contributed by atoms with Crippen LogP contribution < -0.4 is 37.2 Å². The molecular formula is C33H58N10O9S. The Morgan fingerprint density at radius 3 is 2.38 bits per heavy atom. The average Bonchev–Trinajstić information content (AvgIpc) is 3.71. The molecule has 7 amide bonds. The van der Waals surface area contributed by atoms with E-state index < -0.39 is 29.8 Å². The molecule has 7 N–H and O–H groups in total. The van der Waals surface area contributed by atoms with Crippen LogP contribution in [0.15, 0.2) is 5.11 Å². The maximum Gasteiger partial charge on any atom is 0.315 e. The molecule has 2 fully saturated rings. The second-order valence-corrected chi connectivity index (χ2v) is 14.1. The smallest absolute Gasteiger partial charge is 0.315 e. The van der Waals surface area contributed by atoms with E-state index in [1.165, 1.54) is 7.05 Å². The van der Waals surface area contributed by atoms with Gasteiger partial charge in [-0.1, -0.05) is 38.2 Å². The van der Waals surface area contributed by atoms with Crippen molar-refractivity contribution in [2.24, 2.45) is 11.0 Å². The summed E-state index contributed by atoms with van der Waals surface area (Å²) in [7, 11) is 1.46. The molecule has 20 heteroatoms. The fraction of sp³-hybridized carbons (Fsp3) is 0.818. The van der Waals surface area contributed by atoms with Gasteiger partial charge in [0.2, 0.25) is 29.5 Å². The minimum absolute atomic E-state index is 0.0155. The van der Waals surface area contributed by atoms with Crippen molar-refractivity contribution in [1.82, 2.24) is 37.2 Å². The van der Waals surface area contributed by atoms with Gasteiger partial charge in [0.25, 0.3) is 0 Å². The van der Waals surface area contributed by atoms with Crippen molar-refractivity contribution < 1.29 is 43.0 Å². The zero-order valence-corrected chi connectivity index (χ0v) is 31.9. The lowest BCUT2D eigenvalue weighted by Crippen LogP contribution is -2.56. The number of nitrogens with zero attached hydrogens (tertiary/aromatic N) is 3. The third kappa shape index (κ3) is 18.7. The Hall–Kier alpha value is -3.84. The Balaban J connectivity index is 1.48. The number of likely N-dealkylation sites (N-methyl/N-ethyl adjacent to an activating group) is 1. The van der Waals surface area contributed by atoms with E-state index in [4.69, 9.17) is 19.7 Å². The van der Waals surface area contributed by atoms with Crippen molar-refractivity contribution in [2.45, 2.75) is 94.6 Å². The van der Waals surface area contributed by atoms with E-state index in [1.54, 1.807) is 6.92 Å². The van der Waals surface area contributed by atoms with Gasteiger partial charge >= 0.3 is 6.03 Å². The van der Waals surface area contributed by atoms with Crippen molar-refractivity contribution in [2.75, 3.05) is 72.1 Å². The highest BCUT2D eigenvalue weighted by atomic mass is 32.2. The van der Waals surface area contributed by atoms with Gasteiger partial charge in [0.05, 0.1) is 51.7 Å². The molecule has 2 heterocycles. The summed E-state index contributed by atoms with van der Waals surface area (Å²) < 4.78 is 16.2. The lowest BCUT2D eigenvalue weighted by Gasteiger charge is -2.26. The largest absolute Gasteiger partial charge is 0.377 e. The van der Waals surface area contributed by atoms with Crippen LogP contribution in [0.3, 0.4) is 0 Å². The van der Waals surface area contributed by atoms with Crippen LogP contribution in [0.2, 0.25) is 0 Å². The number of fused-ring (bicyclic) bond motifs is 1. The number of thioether (sulfide) groups is 1. The third-order valence-electron chi connectivity index (χ3n) is 8.83. The first-order valence-electron chi connectivity index (χ1n) is 18.4. The first kappa shape index (κ1) is 45.3. The van der Waals surface area contributed by atoms with Gasteiger partial charge in [0.15, 0.2) is 0 Å². The summed E-state index contributed by atoms with van der Waals surface area (Å²) in [6.45, 7) is 5.08. The minimum Gasteiger partial charge on any atom is -0.377 e. The molecule has 300 valence electrons.